The Bertz CT molecular complexity index is 640. The van der Waals surface area contributed by atoms with E-state index in [0.717, 1.165) is 37.2 Å². The summed E-state index contributed by atoms with van der Waals surface area (Å²) >= 11 is 0. The van der Waals surface area contributed by atoms with Gasteiger partial charge in [0.15, 0.2) is 0 Å². The number of anilines is 2. The van der Waals surface area contributed by atoms with Crippen LogP contribution in [-0.4, -0.2) is 22.6 Å². The minimum atomic E-state index is -0.935. The van der Waals surface area contributed by atoms with Crippen molar-refractivity contribution in [2.75, 3.05) is 11.4 Å². The fourth-order valence-electron chi connectivity index (χ4n) is 2.73. The number of nitrogens with zero attached hydrogens (tertiary/aromatic N) is 2. The topological polar surface area (TPSA) is 53.4 Å². The first-order valence-electron chi connectivity index (χ1n) is 6.80. The summed E-state index contributed by atoms with van der Waals surface area (Å²) in [4.78, 5) is 17.4. The van der Waals surface area contributed by atoms with Crippen molar-refractivity contribution in [3.05, 3.63) is 53.9 Å². The molecule has 0 spiro atoms. The highest BCUT2D eigenvalue weighted by Crippen LogP contribution is 2.34. The normalized spacial score (nSPS) is 14.5. The maximum atomic E-state index is 11.4. The van der Waals surface area contributed by atoms with Crippen LogP contribution >= 0.6 is 0 Å². The Labute approximate surface area is 117 Å². The average Bonchev–Trinajstić information content (AvgIpc) is 2.69. The smallest absolute Gasteiger partial charge is 0.339 e. The molecule has 1 N–H and O–H groups in total. The summed E-state index contributed by atoms with van der Waals surface area (Å²) < 4.78 is 0. The Morgan fingerprint density at radius 3 is 2.85 bits per heavy atom. The molecule has 4 heteroatoms. The van der Waals surface area contributed by atoms with Gasteiger partial charge in [-0.1, -0.05) is 18.2 Å². The second-order valence-electron chi connectivity index (χ2n) is 4.94. The van der Waals surface area contributed by atoms with Crippen molar-refractivity contribution in [3.63, 3.8) is 0 Å². The standard InChI is InChI=1S/C16H16N2O2/c19-16(20)13-11-17-9-8-15(13)18-10-4-3-6-12-5-1-2-7-14(12)18/h1-2,5,7-9,11H,3-4,6,10H2,(H,19,20). The number of para-hydroxylation sites is 1. The molecule has 3 rings (SSSR count). The summed E-state index contributed by atoms with van der Waals surface area (Å²) in [5, 5.41) is 9.35. The summed E-state index contributed by atoms with van der Waals surface area (Å²) in [6.45, 7) is 0.835. The lowest BCUT2D eigenvalue weighted by Gasteiger charge is -2.26. The van der Waals surface area contributed by atoms with Gasteiger partial charge in [-0.05, 0) is 37.0 Å². The second-order valence-corrected chi connectivity index (χ2v) is 4.94. The molecular formula is C16H16N2O2. The molecule has 1 aliphatic rings. The van der Waals surface area contributed by atoms with Crippen molar-refractivity contribution in [2.24, 2.45) is 0 Å². The van der Waals surface area contributed by atoms with Crippen molar-refractivity contribution in [3.8, 4) is 0 Å². The Hall–Kier alpha value is -2.36. The van der Waals surface area contributed by atoms with Crippen LogP contribution in [0.2, 0.25) is 0 Å². The van der Waals surface area contributed by atoms with E-state index in [1.54, 1.807) is 12.3 Å². The van der Waals surface area contributed by atoms with Crippen molar-refractivity contribution in [2.45, 2.75) is 19.3 Å². The Balaban J connectivity index is 2.13. The molecule has 1 aromatic carbocycles. The third-order valence-electron chi connectivity index (χ3n) is 3.68. The van der Waals surface area contributed by atoms with E-state index in [9.17, 15) is 9.90 Å². The van der Waals surface area contributed by atoms with Gasteiger partial charge in [-0.2, -0.15) is 0 Å². The highest BCUT2D eigenvalue weighted by atomic mass is 16.4. The number of aromatic carboxylic acids is 1. The first-order chi connectivity index (χ1) is 9.77. The lowest BCUT2D eigenvalue weighted by Crippen LogP contribution is -2.20. The molecule has 2 aromatic rings. The van der Waals surface area contributed by atoms with Crippen LogP contribution in [0.1, 0.15) is 28.8 Å². The zero-order valence-electron chi connectivity index (χ0n) is 11.1. The molecule has 0 saturated carbocycles. The largest absolute Gasteiger partial charge is 0.478 e. The van der Waals surface area contributed by atoms with Crippen LogP contribution in [0, 0.1) is 0 Å². The van der Waals surface area contributed by atoms with Gasteiger partial charge in [-0.3, -0.25) is 4.98 Å². The van der Waals surface area contributed by atoms with Gasteiger partial charge in [0.1, 0.15) is 5.56 Å². The number of hydrogen-bond acceptors (Lipinski definition) is 3. The summed E-state index contributed by atoms with van der Waals surface area (Å²) in [6.07, 6.45) is 6.29. The maximum absolute atomic E-state index is 11.4. The molecule has 0 atom stereocenters. The Morgan fingerprint density at radius 2 is 2.00 bits per heavy atom. The first kappa shape index (κ1) is 12.7. The third-order valence-corrected chi connectivity index (χ3v) is 3.68. The van der Waals surface area contributed by atoms with Crippen molar-refractivity contribution in [1.82, 2.24) is 4.98 Å². The SMILES string of the molecule is O=C(O)c1cnccc1N1CCCCc2ccccc21. The van der Waals surface area contributed by atoms with E-state index in [2.05, 4.69) is 22.0 Å². The Kier molecular flexibility index (Phi) is 3.37. The minimum absolute atomic E-state index is 0.254. The maximum Gasteiger partial charge on any atom is 0.339 e. The summed E-state index contributed by atoms with van der Waals surface area (Å²) in [5.41, 5.74) is 3.36. The third kappa shape index (κ3) is 2.25. The molecule has 0 saturated heterocycles. The van der Waals surface area contributed by atoms with Crippen LogP contribution in [0.15, 0.2) is 42.7 Å². The van der Waals surface area contributed by atoms with Gasteiger partial charge in [-0.25, -0.2) is 4.79 Å². The average molecular weight is 268 g/mol. The second kappa shape index (κ2) is 5.33. The van der Waals surface area contributed by atoms with E-state index in [1.807, 2.05) is 12.1 Å². The summed E-state index contributed by atoms with van der Waals surface area (Å²) in [5.74, 6) is -0.935. The van der Waals surface area contributed by atoms with E-state index < -0.39 is 5.97 Å². The van der Waals surface area contributed by atoms with Crippen LogP contribution in [0.4, 0.5) is 11.4 Å². The quantitative estimate of drug-likeness (QED) is 0.908. The van der Waals surface area contributed by atoms with Gasteiger partial charge in [0.05, 0.1) is 5.69 Å². The monoisotopic (exact) mass is 268 g/mol. The number of carbonyl (C=O) groups is 1. The highest BCUT2D eigenvalue weighted by Gasteiger charge is 2.21. The van der Waals surface area contributed by atoms with E-state index in [0.29, 0.717) is 0 Å². The molecule has 0 radical (unpaired) electrons. The van der Waals surface area contributed by atoms with Crippen LogP contribution in [-0.2, 0) is 6.42 Å². The molecule has 0 bridgehead atoms. The predicted octanol–water partition coefficient (Wildman–Crippen LogP) is 3.25. The molecule has 2 heterocycles. The van der Waals surface area contributed by atoms with Gasteiger partial charge in [-0.15, -0.1) is 0 Å². The summed E-state index contributed by atoms with van der Waals surface area (Å²) in [7, 11) is 0. The van der Waals surface area contributed by atoms with Gasteiger partial charge < -0.3 is 10.0 Å². The zero-order valence-corrected chi connectivity index (χ0v) is 11.1. The number of aromatic nitrogens is 1. The fraction of sp³-hybridized carbons (Fsp3) is 0.250. The number of aryl methyl sites for hydroxylation is 1. The van der Waals surface area contributed by atoms with E-state index in [1.165, 1.54) is 11.8 Å². The first-order valence-corrected chi connectivity index (χ1v) is 6.80. The van der Waals surface area contributed by atoms with Crippen molar-refractivity contribution < 1.29 is 9.90 Å². The van der Waals surface area contributed by atoms with Crippen molar-refractivity contribution in [1.29, 1.82) is 0 Å². The highest BCUT2D eigenvalue weighted by molar-refractivity contribution is 5.95. The molecule has 0 unspecified atom stereocenters. The van der Waals surface area contributed by atoms with E-state index in [-0.39, 0.29) is 5.56 Å². The molecule has 0 fully saturated rings. The van der Waals surface area contributed by atoms with Gasteiger partial charge in [0.2, 0.25) is 0 Å². The molecular weight excluding hydrogens is 252 g/mol. The molecule has 0 amide bonds. The number of pyridine rings is 1. The molecule has 4 nitrogen and oxygen atoms in total. The van der Waals surface area contributed by atoms with E-state index in [4.69, 9.17) is 0 Å². The van der Waals surface area contributed by atoms with E-state index >= 15 is 0 Å². The number of fused-ring (bicyclic) bond motifs is 1. The van der Waals surface area contributed by atoms with Gasteiger partial charge in [0.25, 0.3) is 0 Å². The van der Waals surface area contributed by atoms with Crippen LogP contribution < -0.4 is 4.90 Å². The molecule has 1 aromatic heterocycles. The van der Waals surface area contributed by atoms with Gasteiger partial charge >= 0.3 is 5.97 Å². The fourth-order valence-corrected chi connectivity index (χ4v) is 2.73. The minimum Gasteiger partial charge on any atom is -0.478 e. The molecule has 1 aliphatic heterocycles. The summed E-state index contributed by atoms with van der Waals surface area (Å²) in [6, 6.07) is 10.00. The van der Waals surface area contributed by atoms with Crippen LogP contribution in [0.25, 0.3) is 0 Å². The number of benzene rings is 1. The number of rotatable bonds is 2. The lowest BCUT2D eigenvalue weighted by atomic mass is 10.1. The van der Waals surface area contributed by atoms with Crippen LogP contribution in [0.3, 0.4) is 0 Å². The number of carboxylic acids is 1. The Morgan fingerprint density at radius 1 is 1.15 bits per heavy atom. The molecule has 102 valence electrons. The number of hydrogen-bond donors (Lipinski definition) is 1. The molecule has 20 heavy (non-hydrogen) atoms. The van der Waals surface area contributed by atoms with Crippen LogP contribution in [0.5, 0.6) is 0 Å². The van der Waals surface area contributed by atoms with Crippen molar-refractivity contribution >= 4 is 17.3 Å². The lowest BCUT2D eigenvalue weighted by molar-refractivity contribution is 0.0697. The predicted molar refractivity (Wildman–Crippen MR) is 77.6 cm³/mol. The molecule has 0 aliphatic carbocycles. The van der Waals surface area contributed by atoms with Gasteiger partial charge in [0, 0.05) is 24.6 Å². The number of carboxylic acid groups (broad SMARTS) is 1. The zero-order chi connectivity index (χ0) is 13.9.